The first-order valence-electron chi connectivity index (χ1n) is 12.0. The van der Waals surface area contributed by atoms with Gasteiger partial charge in [0.1, 0.15) is 23.4 Å². The number of benzene rings is 1. The Hall–Kier alpha value is -4.10. The number of aromatic nitrogens is 3. The second-order valence-electron chi connectivity index (χ2n) is 9.35. The third-order valence-electron chi connectivity index (χ3n) is 6.21. The van der Waals surface area contributed by atoms with E-state index in [1.807, 2.05) is 0 Å². The van der Waals surface area contributed by atoms with Crippen LogP contribution in [-0.2, 0) is 9.59 Å². The van der Waals surface area contributed by atoms with Crippen molar-refractivity contribution in [1.82, 2.24) is 24.6 Å². The molecule has 1 atom stereocenters. The smallest absolute Gasteiger partial charge is 0.368 e. The first kappa shape index (κ1) is 29.5. The monoisotopic (exact) mass is 554 g/mol. The molecule has 1 aliphatic rings. The van der Waals surface area contributed by atoms with Gasteiger partial charge >= 0.3 is 12.1 Å². The fourth-order valence-corrected chi connectivity index (χ4v) is 4.18. The minimum Gasteiger partial charge on any atom is -0.368 e. The lowest BCUT2D eigenvalue weighted by molar-refractivity contribution is -0.175. The molecule has 1 fully saturated rings. The van der Waals surface area contributed by atoms with Gasteiger partial charge in [0.15, 0.2) is 0 Å². The quantitative estimate of drug-likeness (QED) is 0.469. The van der Waals surface area contributed by atoms with Gasteiger partial charge in [-0.2, -0.15) is 13.2 Å². The van der Waals surface area contributed by atoms with Crippen LogP contribution in [0, 0.1) is 17.6 Å². The molecule has 2 aromatic heterocycles. The van der Waals surface area contributed by atoms with Gasteiger partial charge in [-0.25, -0.2) is 13.8 Å². The molecule has 1 unspecified atom stereocenters. The van der Waals surface area contributed by atoms with E-state index in [4.69, 9.17) is 5.73 Å². The highest BCUT2D eigenvalue weighted by molar-refractivity contribution is 5.93. The third kappa shape index (κ3) is 7.48. The number of alkyl halides is 3. The van der Waals surface area contributed by atoms with Crippen LogP contribution in [0.25, 0.3) is 5.52 Å². The van der Waals surface area contributed by atoms with Crippen LogP contribution in [0.4, 0.5) is 22.0 Å². The maximum Gasteiger partial charge on any atom is 0.471 e. The molecular weight excluding hydrogens is 527 g/mol. The number of fused-ring (bicyclic) bond motifs is 1. The van der Waals surface area contributed by atoms with Crippen molar-refractivity contribution < 1.29 is 36.3 Å². The van der Waals surface area contributed by atoms with Crippen molar-refractivity contribution in [2.75, 3.05) is 13.1 Å². The van der Waals surface area contributed by atoms with Crippen LogP contribution in [0.2, 0.25) is 0 Å². The fourth-order valence-electron chi connectivity index (χ4n) is 4.18. The molecule has 0 aliphatic carbocycles. The van der Waals surface area contributed by atoms with E-state index in [1.165, 1.54) is 37.5 Å². The van der Waals surface area contributed by atoms with Gasteiger partial charge in [-0.15, -0.1) is 0 Å². The number of piperidine rings is 1. The van der Waals surface area contributed by atoms with E-state index >= 15 is 0 Å². The number of carbonyl (C=O) groups is 3. The summed E-state index contributed by atoms with van der Waals surface area (Å²) in [6.07, 6.45) is 2.76. The maximum absolute atomic E-state index is 13.4. The van der Waals surface area contributed by atoms with E-state index in [9.17, 15) is 36.3 Å². The summed E-state index contributed by atoms with van der Waals surface area (Å²) in [6.45, 7) is 4.03. The molecule has 3 amide bonds. The van der Waals surface area contributed by atoms with Crippen LogP contribution in [0.15, 0.2) is 43.1 Å². The van der Waals surface area contributed by atoms with Crippen LogP contribution >= 0.6 is 0 Å². The Morgan fingerprint density at radius 2 is 1.59 bits per heavy atom. The van der Waals surface area contributed by atoms with Gasteiger partial charge in [0.2, 0.25) is 5.91 Å². The minimum absolute atomic E-state index is 0.0522. The standard InChI is InChI=1S/C18H16F2N4O.C7H11F3N2O2/c19-14-5-13(6-15(20)7-14)12-1-3-23(4-2-12)18(25)17-10-21-8-16-9-22-11-24(16)17;1-3(2)4(5(11)13)12-6(14)7(8,9)10/h5-12H,1-4H2;3-4H,1-2H3,(H2,11,13)(H,12,14). The van der Waals surface area contributed by atoms with Crippen LogP contribution in [0.3, 0.4) is 0 Å². The fraction of sp³-hybridized carbons (Fsp3) is 0.400. The number of hydrogen-bond acceptors (Lipinski definition) is 5. The van der Waals surface area contributed by atoms with Crippen molar-refractivity contribution in [2.45, 2.75) is 44.8 Å². The lowest BCUT2D eigenvalue weighted by Crippen LogP contribution is -2.51. The molecule has 1 aromatic carbocycles. The molecule has 210 valence electrons. The van der Waals surface area contributed by atoms with E-state index in [-0.39, 0.29) is 11.8 Å². The van der Waals surface area contributed by atoms with Crippen molar-refractivity contribution in [3.63, 3.8) is 0 Å². The Morgan fingerprint density at radius 3 is 2.13 bits per heavy atom. The van der Waals surface area contributed by atoms with Gasteiger partial charge in [0.05, 0.1) is 30.4 Å². The molecule has 4 rings (SSSR count). The van der Waals surface area contributed by atoms with Crippen LogP contribution in [0.1, 0.15) is 48.7 Å². The van der Waals surface area contributed by atoms with Gasteiger partial charge < -0.3 is 16.0 Å². The predicted molar refractivity (Wildman–Crippen MR) is 129 cm³/mol. The maximum atomic E-state index is 13.4. The molecule has 9 nitrogen and oxygen atoms in total. The zero-order valence-corrected chi connectivity index (χ0v) is 21.1. The molecule has 0 bridgehead atoms. The SMILES string of the molecule is CC(C)C(NC(=O)C(F)(F)F)C(N)=O.O=C(c1cncc2cncn12)N1CCC(c2cc(F)cc(F)c2)CC1. The lowest BCUT2D eigenvalue weighted by atomic mass is 9.89. The summed E-state index contributed by atoms with van der Waals surface area (Å²) < 4.78 is 63.8. The minimum atomic E-state index is -5.00. The normalized spacial score (nSPS) is 15.0. The van der Waals surface area contributed by atoms with Crippen molar-refractivity contribution in [3.05, 3.63) is 66.0 Å². The number of nitrogens with one attached hydrogen (secondary N) is 1. The van der Waals surface area contributed by atoms with Crippen LogP contribution < -0.4 is 11.1 Å². The number of nitrogens with zero attached hydrogens (tertiary/aromatic N) is 4. The van der Waals surface area contributed by atoms with Gasteiger partial charge in [0, 0.05) is 19.2 Å². The lowest BCUT2D eigenvalue weighted by Gasteiger charge is -2.32. The average molecular weight is 555 g/mol. The number of likely N-dealkylation sites (tertiary alicyclic amines) is 1. The topological polar surface area (TPSA) is 123 Å². The van der Waals surface area contributed by atoms with Gasteiger partial charge in [-0.3, -0.25) is 23.8 Å². The molecule has 0 radical (unpaired) electrons. The van der Waals surface area contributed by atoms with Gasteiger partial charge in [-0.05, 0) is 42.4 Å². The summed E-state index contributed by atoms with van der Waals surface area (Å²) in [5.74, 6) is -4.82. The molecule has 1 saturated heterocycles. The third-order valence-corrected chi connectivity index (χ3v) is 6.21. The zero-order valence-electron chi connectivity index (χ0n) is 21.1. The molecule has 3 aromatic rings. The predicted octanol–water partition coefficient (Wildman–Crippen LogP) is 3.20. The van der Waals surface area contributed by atoms with E-state index in [0.717, 1.165) is 11.6 Å². The molecule has 3 N–H and O–H groups in total. The Balaban J connectivity index is 0.000000258. The molecular formula is C25H27F5N6O3. The Labute approximate surface area is 220 Å². The first-order valence-corrected chi connectivity index (χ1v) is 12.0. The zero-order chi connectivity index (χ0) is 28.9. The Kier molecular flexibility index (Phi) is 9.20. The number of halogens is 5. The molecule has 3 heterocycles. The Bertz CT molecular complexity index is 1310. The number of nitrogens with two attached hydrogens (primary N) is 1. The summed E-state index contributed by atoms with van der Waals surface area (Å²) in [5, 5.41) is 1.52. The van der Waals surface area contributed by atoms with Crippen LogP contribution in [0.5, 0.6) is 0 Å². The number of hydrogen-bond donors (Lipinski definition) is 2. The number of primary amides is 1. The van der Waals surface area contributed by atoms with E-state index in [1.54, 1.807) is 28.0 Å². The molecule has 0 spiro atoms. The molecule has 39 heavy (non-hydrogen) atoms. The van der Waals surface area contributed by atoms with Gasteiger partial charge in [-0.1, -0.05) is 13.8 Å². The number of carbonyl (C=O) groups excluding carboxylic acids is 3. The highest BCUT2D eigenvalue weighted by atomic mass is 19.4. The number of rotatable bonds is 5. The van der Waals surface area contributed by atoms with E-state index in [2.05, 4.69) is 9.97 Å². The summed E-state index contributed by atoms with van der Waals surface area (Å²) in [6, 6.07) is 2.33. The molecule has 14 heteroatoms. The average Bonchev–Trinajstić information content (AvgIpc) is 3.35. The summed E-state index contributed by atoms with van der Waals surface area (Å²) in [5.41, 5.74) is 6.69. The number of amides is 3. The van der Waals surface area contributed by atoms with Crippen molar-refractivity contribution >= 4 is 23.2 Å². The van der Waals surface area contributed by atoms with Gasteiger partial charge in [0.25, 0.3) is 5.91 Å². The summed E-state index contributed by atoms with van der Waals surface area (Å²) >= 11 is 0. The van der Waals surface area contributed by atoms with E-state index < -0.39 is 41.6 Å². The Morgan fingerprint density at radius 1 is 1.00 bits per heavy atom. The molecule has 1 aliphatic heterocycles. The van der Waals surface area contributed by atoms with Crippen LogP contribution in [-0.4, -0.2) is 62.3 Å². The number of imidazole rings is 1. The summed E-state index contributed by atoms with van der Waals surface area (Å²) in [7, 11) is 0. The second-order valence-corrected chi connectivity index (χ2v) is 9.35. The first-order chi connectivity index (χ1) is 18.3. The largest absolute Gasteiger partial charge is 0.471 e. The van der Waals surface area contributed by atoms with Crippen molar-refractivity contribution in [3.8, 4) is 0 Å². The molecule has 0 saturated carbocycles. The highest BCUT2D eigenvalue weighted by Crippen LogP contribution is 2.29. The van der Waals surface area contributed by atoms with E-state index in [0.29, 0.717) is 37.2 Å². The highest BCUT2D eigenvalue weighted by Gasteiger charge is 2.41. The second kappa shape index (κ2) is 12.2. The summed E-state index contributed by atoms with van der Waals surface area (Å²) in [4.78, 5) is 43.7. The van der Waals surface area contributed by atoms with Crippen molar-refractivity contribution in [1.29, 1.82) is 0 Å². The van der Waals surface area contributed by atoms with Crippen molar-refractivity contribution in [2.24, 2.45) is 11.7 Å².